The first-order valence-electron chi connectivity index (χ1n) is 8.55. The minimum absolute atomic E-state index is 0.0506. The lowest BCUT2D eigenvalue weighted by atomic mass is 9.86. The number of hydrogen-bond donors (Lipinski definition) is 0. The molecule has 0 atom stereocenters. The standard InChI is InChI=1S/C21H28O4/c1-13(22)19(3,4)15-9-11-17(24-15)21(7,8)18-12-10-16(25-18)20(5,6)14(2)23/h9-12H,1-8H3. The van der Waals surface area contributed by atoms with Gasteiger partial charge in [0, 0.05) is 0 Å². The predicted octanol–water partition coefficient (Wildman–Crippen LogP) is 4.93. The molecule has 0 saturated carbocycles. The maximum atomic E-state index is 11.9. The first-order chi connectivity index (χ1) is 11.3. The molecular formula is C21H28O4. The molecular weight excluding hydrogens is 316 g/mol. The van der Waals surface area contributed by atoms with Crippen LogP contribution in [0.3, 0.4) is 0 Å². The Morgan fingerprint density at radius 1 is 0.640 bits per heavy atom. The smallest absolute Gasteiger partial charge is 0.142 e. The van der Waals surface area contributed by atoms with Gasteiger partial charge in [0.15, 0.2) is 0 Å². The van der Waals surface area contributed by atoms with E-state index in [1.165, 1.54) is 0 Å². The molecule has 0 N–H and O–H groups in total. The second kappa shape index (κ2) is 6.01. The molecule has 0 aliphatic rings. The van der Waals surface area contributed by atoms with E-state index in [4.69, 9.17) is 8.83 Å². The molecule has 0 amide bonds. The minimum atomic E-state index is -0.667. The molecule has 0 aromatic carbocycles. The Morgan fingerprint density at radius 3 is 1.20 bits per heavy atom. The zero-order valence-electron chi connectivity index (χ0n) is 16.4. The molecule has 0 unspecified atom stereocenters. The molecule has 0 aliphatic heterocycles. The lowest BCUT2D eigenvalue weighted by Gasteiger charge is -2.23. The second-order valence-corrected chi connectivity index (χ2v) is 8.32. The zero-order valence-corrected chi connectivity index (χ0v) is 16.4. The van der Waals surface area contributed by atoms with E-state index >= 15 is 0 Å². The highest BCUT2D eigenvalue weighted by molar-refractivity contribution is 5.86. The Morgan fingerprint density at radius 2 is 0.920 bits per heavy atom. The quantitative estimate of drug-likeness (QED) is 0.745. The van der Waals surface area contributed by atoms with E-state index in [0.717, 1.165) is 11.5 Å². The molecule has 2 heterocycles. The maximum Gasteiger partial charge on any atom is 0.142 e. The fourth-order valence-electron chi connectivity index (χ4n) is 2.49. The van der Waals surface area contributed by atoms with Crippen molar-refractivity contribution in [3.8, 4) is 0 Å². The summed E-state index contributed by atoms with van der Waals surface area (Å²) < 4.78 is 12.0. The SMILES string of the molecule is CC(=O)C(C)(C)c1ccc(C(C)(C)c2ccc(C(C)(C)C(C)=O)o2)o1. The summed E-state index contributed by atoms with van der Waals surface area (Å²) in [5.41, 5.74) is -1.85. The third kappa shape index (κ3) is 3.22. The fourth-order valence-corrected chi connectivity index (χ4v) is 2.49. The number of carbonyl (C=O) groups excluding carboxylic acids is 2. The summed E-state index contributed by atoms with van der Waals surface area (Å²) in [7, 11) is 0. The number of ketones is 2. The Hall–Kier alpha value is -2.10. The van der Waals surface area contributed by atoms with Crippen LogP contribution in [0.2, 0.25) is 0 Å². The van der Waals surface area contributed by atoms with Crippen LogP contribution in [-0.4, -0.2) is 11.6 Å². The Labute approximate surface area is 149 Å². The first kappa shape index (κ1) is 19.2. The van der Waals surface area contributed by atoms with Gasteiger partial charge in [-0.1, -0.05) is 0 Å². The molecule has 25 heavy (non-hydrogen) atoms. The molecule has 2 aromatic rings. The molecule has 2 aromatic heterocycles. The fraction of sp³-hybridized carbons (Fsp3) is 0.524. The summed E-state index contributed by atoms with van der Waals surface area (Å²) in [5.74, 6) is 2.82. The molecule has 0 bridgehead atoms. The maximum absolute atomic E-state index is 11.9. The van der Waals surface area contributed by atoms with Gasteiger partial charge in [-0.25, -0.2) is 0 Å². The zero-order chi connectivity index (χ0) is 19.2. The van der Waals surface area contributed by atoms with Crippen LogP contribution in [0.1, 0.15) is 78.4 Å². The summed E-state index contributed by atoms with van der Waals surface area (Å²) in [4.78, 5) is 23.7. The van der Waals surface area contributed by atoms with Crippen molar-refractivity contribution in [2.75, 3.05) is 0 Å². The number of Topliss-reactive ketones (excluding diaryl/α,β-unsaturated/α-hetero) is 2. The van der Waals surface area contributed by atoms with E-state index in [1.54, 1.807) is 13.8 Å². The van der Waals surface area contributed by atoms with Crippen molar-refractivity contribution in [2.24, 2.45) is 0 Å². The summed E-state index contributed by atoms with van der Waals surface area (Å²) in [6.07, 6.45) is 0. The lowest BCUT2D eigenvalue weighted by Crippen LogP contribution is -2.26. The molecule has 0 radical (unpaired) electrons. The van der Waals surface area contributed by atoms with Gasteiger partial charge in [-0.15, -0.1) is 0 Å². The predicted molar refractivity (Wildman–Crippen MR) is 97.0 cm³/mol. The van der Waals surface area contributed by atoms with Crippen LogP contribution < -0.4 is 0 Å². The van der Waals surface area contributed by atoms with Crippen LogP contribution in [0.5, 0.6) is 0 Å². The third-order valence-electron chi connectivity index (χ3n) is 5.44. The van der Waals surface area contributed by atoms with E-state index in [1.807, 2.05) is 65.8 Å². The van der Waals surface area contributed by atoms with Gasteiger partial charge in [0.2, 0.25) is 0 Å². The average molecular weight is 344 g/mol. The topological polar surface area (TPSA) is 60.4 Å². The number of carbonyl (C=O) groups is 2. The van der Waals surface area contributed by atoms with Crippen molar-refractivity contribution in [3.05, 3.63) is 47.3 Å². The van der Waals surface area contributed by atoms with Crippen molar-refractivity contribution in [3.63, 3.8) is 0 Å². The summed E-state index contributed by atoms with van der Waals surface area (Å²) in [6.45, 7) is 14.5. The number of rotatable bonds is 6. The lowest BCUT2D eigenvalue weighted by molar-refractivity contribution is -0.122. The van der Waals surface area contributed by atoms with Gasteiger partial charge in [-0.3, -0.25) is 9.59 Å². The highest BCUT2D eigenvalue weighted by atomic mass is 16.4. The molecule has 4 nitrogen and oxygen atoms in total. The van der Waals surface area contributed by atoms with E-state index in [-0.39, 0.29) is 11.6 Å². The van der Waals surface area contributed by atoms with Crippen LogP contribution >= 0.6 is 0 Å². The summed E-state index contributed by atoms with van der Waals surface area (Å²) in [6, 6.07) is 7.47. The largest absolute Gasteiger partial charge is 0.464 e. The first-order valence-corrected chi connectivity index (χ1v) is 8.55. The monoisotopic (exact) mass is 344 g/mol. The van der Waals surface area contributed by atoms with Crippen molar-refractivity contribution < 1.29 is 18.4 Å². The van der Waals surface area contributed by atoms with Gasteiger partial charge in [-0.05, 0) is 79.7 Å². The van der Waals surface area contributed by atoms with Crippen LogP contribution in [0.4, 0.5) is 0 Å². The van der Waals surface area contributed by atoms with Crippen molar-refractivity contribution >= 4 is 11.6 Å². The second-order valence-electron chi connectivity index (χ2n) is 8.32. The van der Waals surface area contributed by atoms with Crippen LogP contribution in [0, 0.1) is 0 Å². The average Bonchev–Trinajstić information content (AvgIpc) is 3.17. The van der Waals surface area contributed by atoms with Crippen molar-refractivity contribution in [2.45, 2.75) is 71.6 Å². The Bertz CT molecular complexity index is 733. The van der Waals surface area contributed by atoms with Gasteiger partial charge in [-0.2, -0.15) is 0 Å². The number of furan rings is 2. The minimum Gasteiger partial charge on any atom is -0.464 e. The highest BCUT2D eigenvalue weighted by Gasteiger charge is 2.37. The molecule has 2 rings (SSSR count). The van der Waals surface area contributed by atoms with Gasteiger partial charge in [0.25, 0.3) is 0 Å². The van der Waals surface area contributed by atoms with Crippen molar-refractivity contribution in [1.82, 2.24) is 0 Å². The van der Waals surface area contributed by atoms with Gasteiger partial charge < -0.3 is 8.83 Å². The molecule has 136 valence electrons. The van der Waals surface area contributed by atoms with E-state index in [0.29, 0.717) is 11.5 Å². The van der Waals surface area contributed by atoms with E-state index < -0.39 is 16.2 Å². The van der Waals surface area contributed by atoms with Crippen LogP contribution in [0.15, 0.2) is 33.1 Å². The van der Waals surface area contributed by atoms with Crippen molar-refractivity contribution in [1.29, 1.82) is 0 Å². The van der Waals surface area contributed by atoms with E-state index in [9.17, 15) is 9.59 Å². The third-order valence-corrected chi connectivity index (χ3v) is 5.44. The van der Waals surface area contributed by atoms with Crippen LogP contribution in [0.25, 0.3) is 0 Å². The van der Waals surface area contributed by atoms with E-state index in [2.05, 4.69) is 0 Å². The molecule has 0 spiro atoms. The Kier molecular flexibility index (Phi) is 4.62. The molecule has 0 saturated heterocycles. The Balaban J connectivity index is 2.41. The van der Waals surface area contributed by atoms with Gasteiger partial charge in [0.05, 0.1) is 16.2 Å². The normalized spacial score (nSPS) is 13.1. The van der Waals surface area contributed by atoms with Gasteiger partial charge >= 0.3 is 0 Å². The summed E-state index contributed by atoms with van der Waals surface area (Å²) >= 11 is 0. The molecule has 0 fully saturated rings. The summed E-state index contributed by atoms with van der Waals surface area (Å²) in [5, 5.41) is 0. The highest BCUT2D eigenvalue weighted by Crippen LogP contribution is 2.38. The van der Waals surface area contributed by atoms with Gasteiger partial charge in [0.1, 0.15) is 34.6 Å². The molecule has 4 heteroatoms. The molecule has 0 aliphatic carbocycles. The number of hydrogen-bond acceptors (Lipinski definition) is 4. The van der Waals surface area contributed by atoms with Crippen LogP contribution in [-0.2, 0) is 25.8 Å².